The monoisotopic (exact) mass is 258 g/mol. The predicted molar refractivity (Wildman–Crippen MR) is 67.4 cm³/mol. The van der Waals surface area contributed by atoms with Crippen molar-refractivity contribution in [2.24, 2.45) is 7.05 Å². The number of aromatic nitrogens is 2. The van der Waals surface area contributed by atoms with Crippen molar-refractivity contribution in [2.45, 2.75) is 33.1 Å². The van der Waals surface area contributed by atoms with Crippen LogP contribution in [0.25, 0.3) is 0 Å². The Hall–Kier alpha value is -0.870. The SMILES string of the molecule is CCCOCC(=O)Cc1c(Cl)c(CC)nn1C. The van der Waals surface area contributed by atoms with Gasteiger partial charge in [0.05, 0.1) is 22.8 Å². The Bertz CT molecular complexity index is 388. The molecule has 1 heterocycles. The van der Waals surface area contributed by atoms with Crippen LogP contribution >= 0.6 is 11.6 Å². The summed E-state index contributed by atoms with van der Waals surface area (Å²) < 4.78 is 6.89. The number of carbonyl (C=O) groups is 1. The number of ketones is 1. The summed E-state index contributed by atoms with van der Waals surface area (Å²) >= 11 is 6.16. The molecule has 0 aliphatic carbocycles. The van der Waals surface area contributed by atoms with Crippen molar-refractivity contribution in [3.05, 3.63) is 16.4 Å². The lowest BCUT2D eigenvalue weighted by Gasteiger charge is -2.03. The highest BCUT2D eigenvalue weighted by Crippen LogP contribution is 2.21. The summed E-state index contributed by atoms with van der Waals surface area (Å²) in [5, 5.41) is 4.88. The highest BCUT2D eigenvalue weighted by atomic mass is 35.5. The minimum Gasteiger partial charge on any atom is -0.374 e. The molecule has 0 radical (unpaired) electrons. The van der Waals surface area contributed by atoms with Crippen LogP contribution in [0.2, 0.25) is 5.02 Å². The first-order chi connectivity index (χ1) is 8.10. The molecule has 0 aromatic carbocycles. The van der Waals surface area contributed by atoms with Crippen molar-refractivity contribution < 1.29 is 9.53 Å². The van der Waals surface area contributed by atoms with E-state index in [0.29, 0.717) is 11.6 Å². The van der Waals surface area contributed by atoms with Gasteiger partial charge in [-0.25, -0.2) is 0 Å². The number of halogens is 1. The fourth-order valence-corrected chi connectivity index (χ4v) is 1.94. The number of Topliss-reactive ketones (excluding diaryl/α,β-unsaturated/α-hetero) is 1. The number of rotatable bonds is 7. The van der Waals surface area contributed by atoms with E-state index in [-0.39, 0.29) is 18.8 Å². The van der Waals surface area contributed by atoms with Crippen LogP contribution in [0.15, 0.2) is 0 Å². The Kier molecular flexibility index (Phi) is 5.65. The summed E-state index contributed by atoms with van der Waals surface area (Å²) in [5.41, 5.74) is 1.61. The lowest BCUT2D eigenvalue weighted by atomic mass is 10.2. The Morgan fingerprint density at radius 2 is 2.18 bits per heavy atom. The maximum Gasteiger partial charge on any atom is 0.164 e. The number of aryl methyl sites for hydroxylation is 2. The summed E-state index contributed by atoms with van der Waals surface area (Å²) in [6.07, 6.45) is 1.97. The molecule has 0 saturated heterocycles. The van der Waals surface area contributed by atoms with Gasteiger partial charge < -0.3 is 4.74 Å². The number of carbonyl (C=O) groups excluding carboxylic acids is 1. The molecule has 1 rings (SSSR count). The maximum atomic E-state index is 11.7. The lowest BCUT2D eigenvalue weighted by molar-refractivity contribution is -0.123. The third-order valence-electron chi connectivity index (χ3n) is 2.48. The Morgan fingerprint density at radius 1 is 1.47 bits per heavy atom. The van der Waals surface area contributed by atoms with Crippen LogP contribution in [0, 0.1) is 0 Å². The first-order valence-electron chi connectivity index (χ1n) is 5.89. The largest absolute Gasteiger partial charge is 0.374 e. The number of nitrogens with zero attached hydrogens (tertiary/aromatic N) is 2. The number of ether oxygens (including phenoxy) is 1. The van der Waals surface area contributed by atoms with Gasteiger partial charge in [-0.05, 0) is 12.8 Å². The lowest BCUT2D eigenvalue weighted by Crippen LogP contribution is -2.14. The molecule has 0 amide bonds. The molecule has 0 aliphatic heterocycles. The first kappa shape index (κ1) is 14.2. The highest BCUT2D eigenvalue weighted by molar-refractivity contribution is 6.32. The van der Waals surface area contributed by atoms with Gasteiger partial charge in [0.1, 0.15) is 6.61 Å². The average molecular weight is 259 g/mol. The third kappa shape index (κ3) is 3.82. The maximum absolute atomic E-state index is 11.7. The van der Waals surface area contributed by atoms with E-state index in [0.717, 1.165) is 24.2 Å². The van der Waals surface area contributed by atoms with E-state index in [9.17, 15) is 4.79 Å². The van der Waals surface area contributed by atoms with E-state index in [4.69, 9.17) is 16.3 Å². The fraction of sp³-hybridized carbons (Fsp3) is 0.667. The molecule has 1 aromatic rings. The molecule has 0 saturated carbocycles. The molecule has 0 atom stereocenters. The van der Waals surface area contributed by atoms with Gasteiger partial charge in [-0.1, -0.05) is 25.4 Å². The van der Waals surface area contributed by atoms with Crippen LogP contribution in [-0.4, -0.2) is 28.8 Å². The second-order valence-electron chi connectivity index (χ2n) is 3.95. The first-order valence-corrected chi connectivity index (χ1v) is 6.27. The molecule has 0 bridgehead atoms. The Morgan fingerprint density at radius 3 is 2.71 bits per heavy atom. The molecular weight excluding hydrogens is 240 g/mol. The van der Waals surface area contributed by atoms with Crippen molar-refractivity contribution in [3.8, 4) is 0 Å². The van der Waals surface area contributed by atoms with Crippen molar-refractivity contribution in [3.63, 3.8) is 0 Å². The van der Waals surface area contributed by atoms with Gasteiger partial charge in [0, 0.05) is 13.7 Å². The van der Waals surface area contributed by atoms with Gasteiger partial charge in [-0.3, -0.25) is 9.48 Å². The smallest absolute Gasteiger partial charge is 0.164 e. The molecule has 0 N–H and O–H groups in total. The minimum absolute atomic E-state index is 0.0333. The average Bonchev–Trinajstić information content (AvgIpc) is 2.57. The second kappa shape index (κ2) is 6.77. The van der Waals surface area contributed by atoms with Gasteiger partial charge in [0.15, 0.2) is 5.78 Å². The predicted octanol–water partition coefficient (Wildman–Crippen LogP) is 2.17. The third-order valence-corrected chi connectivity index (χ3v) is 2.92. The Balaban J connectivity index is 2.62. The van der Waals surface area contributed by atoms with Crippen molar-refractivity contribution in [2.75, 3.05) is 13.2 Å². The molecule has 17 heavy (non-hydrogen) atoms. The van der Waals surface area contributed by atoms with Gasteiger partial charge in [0.25, 0.3) is 0 Å². The topological polar surface area (TPSA) is 44.1 Å². The zero-order valence-electron chi connectivity index (χ0n) is 10.6. The van der Waals surface area contributed by atoms with E-state index in [1.807, 2.05) is 13.8 Å². The molecule has 0 fully saturated rings. The minimum atomic E-state index is 0.0333. The molecule has 0 unspecified atom stereocenters. The van der Waals surface area contributed by atoms with Crippen LogP contribution < -0.4 is 0 Å². The molecule has 0 aliphatic rings. The van der Waals surface area contributed by atoms with E-state index in [1.165, 1.54) is 0 Å². The fourth-order valence-electron chi connectivity index (χ4n) is 1.58. The van der Waals surface area contributed by atoms with E-state index in [1.54, 1.807) is 11.7 Å². The van der Waals surface area contributed by atoms with Gasteiger partial charge >= 0.3 is 0 Å². The van der Waals surface area contributed by atoms with E-state index in [2.05, 4.69) is 5.10 Å². The summed E-state index contributed by atoms with van der Waals surface area (Å²) in [4.78, 5) is 11.7. The van der Waals surface area contributed by atoms with E-state index < -0.39 is 0 Å². The van der Waals surface area contributed by atoms with Crippen LogP contribution in [0.4, 0.5) is 0 Å². The van der Waals surface area contributed by atoms with Gasteiger partial charge in [-0.2, -0.15) is 5.10 Å². The summed E-state index contributed by atoms with van der Waals surface area (Å²) in [6.45, 7) is 4.77. The Labute approximate surface area is 107 Å². The van der Waals surface area contributed by atoms with Gasteiger partial charge in [-0.15, -0.1) is 0 Å². The molecule has 5 heteroatoms. The molecule has 0 spiro atoms. The number of hydrogen-bond acceptors (Lipinski definition) is 3. The second-order valence-corrected chi connectivity index (χ2v) is 4.33. The van der Waals surface area contributed by atoms with Crippen LogP contribution in [0.1, 0.15) is 31.7 Å². The molecule has 1 aromatic heterocycles. The quantitative estimate of drug-likeness (QED) is 0.704. The van der Waals surface area contributed by atoms with Crippen molar-refractivity contribution >= 4 is 17.4 Å². The van der Waals surface area contributed by atoms with Crippen molar-refractivity contribution in [1.82, 2.24) is 9.78 Å². The summed E-state index contributed by atoms with van der Waals surface area (Å²) in [6, 6.07) is 0. The van der Waals surface area contributed by atoms with Crippen LogP contribution in [0.5, 0.6) is 0 Å². The van der Waals surface area contributed by atoms with E-state index >= 15 is 0 Å². The molecule has 96 valence electrons. The van der Waals surface area contributed by atoms with Gasteiger partial charge in [0.2, 0.25) is 0 Å². The summed E-state index contributed by atoms with van der Waals surface area (Å²) in [7, 11) is 1.81. The zero-order chi connectivity index (χ0) is 12.8. The van der Waals surface area contributed by atoms with Crippen molar-refractivity contribution in [1.29, 1.82) is 0 Å². The zero-order valence-corrected chi connectivity index (χ0v) is 11.4. The number of hydrogen-bond donors (Lipinski definition) is 0. The molecular formula is C12H19ClN2O2. The standard InChI is InChI=1S/C12H19ClN2O2/c1-4-6-17-8-9(16)7-11-12(13)10(5-2)14-15(11)3/h4-8H2,1-3H3. The molecule has 4 nitrogen and oxygen atoms in total. The van der Waals surface area contributed by atoms with Crippen LogP contribution in [0.3, 0.4) is 0 Å². The van der Waals surface area contributed by atoms with Crippen LogP contribution in [-0.2, 0) is 29.4 Å². The summed E-state index contributed by atoms with van der Waals surface area (Å²) in [5.74, 6) is 0.0333. The normalized spacial score (nSPS) is 10.8. The highest BCUT2D eigenvalue weighted by Gasteiger charge is 2.15.